The number of fused-ring (bicyclic) bond motifs is 1. The van der Waals surface area contributed by atoms with Crippen molar-refractivity contribution >= 4 is 5.65 Å². The lowest BCUT2D eigenvalue weighted by atomic mass is 10.1. The van der Waals surface area contributed by atoms with Crippen LogP contribution in [-0.2, 0) is 6.54 Å². The molecule has 1 N–H and O–H groups in total. The molecule has 2 aromatic heterocycles. The number of aromatic nitrogens is 3. The first kappa shape index (κ1) is 15.3. The summed E-state index contributed by atoms with van der Waals surface area (Å²) < 4.78 is 12.6. The first-order valence-corrected chi connectivity index (χ1v) is 7.47. The summed E-state index contributed by atoms with van der Waals surface area (Å²) in [5.41, 5.74) is 1.91. The van der Waals surface area contributed by atoms with Crippen molar-refractivity contribution in [3.8, 4) is 11.5 Å². The van der Waals surface area contributed by atoms with E-state index in [0.717, 1.165) is 28.5 Å². The van der Waals surface area contributed by atoms with Gasteiger partial charge in [0.2, 0.25) is 0 Å². The van der Waals surface area contributed by atoms with Crippen LogP contribution in [-0.4, -0.2) is 28.8 Å². The molecule has 120 valence electrons. The van der Waals surface area contributed by atoms with Crippen LogP contribution in [0.15, 0.2) is 42.6 Å². The van der Waals surface area contributed by atoms with Crippen LogP contribution < -0.4 is 14.8 Å². The van der Waals surface area contributed by atoms with Gasteiger partial charge in [-0.1, -0.05) is 12.1 Å². The molecular weight excluding hydrogens is 292 g/mol. The third kappa shape index (κ3) is 3.12. The van der Waals surface area contributed by atoms with E-state index >= 15 is 0 Å². The molecule has 6 nitrogen and oxygen atoms in total. The highest BCUT2D eigenvalue weighted by molar-refractivity contribution is 5.41. The Morgan fingerprint density at radius 3 is 2.78 bits per heavy atom. The Morgan fingerprint density at radius 1 is 1.13 bits per heavy atom. The van der Waals surface area contributed by atoms with E-state index in [0.29, 0.717) is 6.54 Å². The molecule has 3 aromatic rings. The number of hydrogen-bond donors (Lipinski definition) is 1. The highest BCUT2D eigenvalue weighted by atomic mass is 16.5. The molecule has 0 radical (unpaired) electrons. The molecule has 1 aromatic carbocycles. The van der Waals surface area contributed by atoms with Gasteiger partial charge in [-0.05, 0) is 25.1 Å². The van der Waals surface area contributed by atoms with Gasteiger partial charge in [-0.15, -0.1) is 10.2 Å². The van der Waals surface area contributed by atoms with Crippen molar-refractivity contribution in [1.29, 1.82) is 0 Å². The molecule has 0 saturated heterocycles. The topological polar surface area (TPSA) is 60.7 Å². The number of benzene rings is 1. The molecule has 0 unspecified atom stereocenters. The van der Waals surface area contributed by atoms with Crippen molar-refractivity contribution in [3.05, 3.63) is 54.0 Å². The lowest BCUT2D eigenvalue weighted by Crippen LogP contribution is -2.20. The summed E-state index contributed by atoms with van der Waals surface area (Å²) in [6.07, 6.45) is 1.97. The fourth-order valence-corrected chi connectivity index (χ4v) is 2.51. The standard InChI is InChI=1S/C17H20N4O2/c1-12(17-20-19-16-6-4-5-9-21(16)17)18-11-13-7-8-14(22-2)10-15(13)23-3/h4-10,12,18H,11H2,1-3H3/t12-/m1/s1. The maximum Gasteiger partial charge on any atom is 0.160 e. The number of rotatable bonds is 6. The van der Waals surface area contributed by atoms with E-state index in [1.807, 2.05) is 47.0 Å². The number of nitrogens with zero attached hydrogens (tertiary/aromatic N) is 3. The SMILES string of the molecule is COc1ccc(CN[C@H](C)c2nnc3ccccn23)c(OC)c1. The zero-order chi connectivity index (χ0) is 16.2. The van der Waals surface area contributed by atoms with Gasteiger partial charge in [0.25, 0.3) is 0 Å². The maximum absolute atomic E-state index is 5.43. The van der Waals surface area contributed by atoms with Crippen LogP contribution in [0.5, 0.6) is 11.5 Å². The molecule has 2 heterocycles. The molecule has 3 rings (SSSR count). The highest BCUT2D eigenvalue weighted by Gasteiger charge is 2.13. The zero-order valence-electron chi connectivity index (χ0n) is 13.5. The summed E-state index contributed by atoms with van der Waals surface area (Å²) in [6, 6.07) is 11.7. The third-order valence-corrected chi connectivity index (χ3v) is 3.82. The van der Waals surface area contributed by atoms with Crippen molar-refractivity contribution in [3.63, 3.8) is 0 Å². The van der Waals surface area contributed by atoms with Crippen LogP contribution in [0.1, 0.15) is 24.4 Å². The molecule has 0 amide bonds. The molecule has 0 bridgehead atoms. The molecule has 0 fully saturated rings. The molecule has 0 spiro atoms. The monoisotopic (exact) mass is 312 g/mol. The number of pyridine rings is 1. The number of methoxy groups -OCH3 is 2. The molecule has 0 aliphatic rings. The van der Waals surface area contributed by atoms with Crippen molar-refractivity contribution in [1.82, 2.24) is 19.9 Å². The predicted molar refractivity (Wildman–Crippen MR) is 87.8 cm³/mol. The summed E-state index contributed by atoms with van der Waals surface area (Å²) >= 11 is 0. The Bertz CT molecular complexity index is 800. The van der Waals surface area contributed by atoms with Crippen molar-refractivity contribution in [2.75, 3.05) is 14.2 Å². The Hall–Kier alpha value is -2.60. The highest BCUT2D eigenvalue weighted by Crippen LogP contribution is 2.25. The summed E-state index contributed by atoms with van der Waals surface area (Å²) in [4.78, 5) is 0. The summed E-state index contributed by atoms with van der Waals surface area (Å²) in [7, 11) is 3.30. The lowest BCUT2D eigenvalue weighted by molar-refractivity contribution is 0.388. The quantitative estimate of drug-likeness (QED) is 0.758. The average Bonchev–Trinajstić information content (AvgIpc) is 3.03. The Kier molecular flexibility index (Phi) is 4.43. The third-order valence-electron chi connectivity index (χ3n) is 3.82. The van der Waals surface area contributed by atoms with Gasteiger partial charge in [0.1, 0.15) is 11.5 Å². The maximum atomic E-state index is 5.43. The smallest absolute Gasteiger partial charge is 0.160 e. The van der Waals surface area contributed by atoms with Crippen LogP contribution >= 0.6 is 0 Å². The van der Waals surface area contributed by atoms with E-state index in [2.05, 4.69) is 22.4 Å². The molecule has 0 saturated carbocycles. The Morgan fingerprint density at radius 2 is 2.00 bits per heavy atom. The number of ether oxygens (including phenoxy) is 2. The van der Waals surface area contributed by atoms with E-state index in [4.69, 9.17) is 9.47 Å². The normalized spacial score (nSPS) is 12.3. The molecular formula is C17H20N4O2. The van der Waals surface area contributed by atoms with Crippen LogP contribution in [0, 0.1) is 0 Å². The van der Waals surface area contributed by atoms with Gasteiger partial charge in [0.05, 0.1) is 20.3 Å². The van der Waals surface area contributed by atoms with Gasteiger partial charge in [0, 0.05) is 24.4 Å². The minimum absolute atomic E-state index is 0.0548. The predicted octanol–water partition coefficient (Wildman–Crippen LogP) is 2.60. The fourth-order valence-electron chi connectivity index (χ4n) is 2.51. The summed E-state index contributed by atoms with van der Waals surface area (Å²) in [5.74, 6) is 2.46. The summed E-state index contributed by atoms with van der Waals surface area (Å²) in [5, 5.41) is 11.9. The van der Waals surface area contributed by atoms with Gasteiger partial charge in [-0.2, -0.15) is 0 Å². The van der Waals surface area contributed by atoms with Gasteiger partial charge in [0.15, 0.2) is 11.5 Å². The van der Waals surface area contributed by atoms with Gasteiger partial charge >= 0.3 is 0 Å². The molecule has 23 heavy (non-hydrogen) atoms. The lowest BCUT2D eigenvalue weighted by Gasteiger charge is -2.15. The van der Waals surface area contributed by atoms with Crippen molar-refractivity contribution in [2.24, 2.45) is 0 Å². The zero-order valence-corrected chi connectivity index (χ0v) is 13.5. The van der Waals surface area contributed by atoms with Crippen LogP contribution in [0.2, 0.25) is 0 Å². The van der Waals surface area contributed by atoms with E-state index in [1.54, 1.807) is 14.2 Å². The minimum Gasteiger partial charge on any atom is -0.497 e. The second-order valence-corrected chi connectivity index (χ2v) is 5.27. The molecule has 0 aliphatic heterocycles. The van der Waals surface area contributed by atoms with E-state index in [1.165, 1.54) is 0 Å². The largest absolute Gasteiger partial charge is 0.497 e. The summed E-state index contributed by atoms with van der Waals surface area (Å²) in [6.45, 7) is 2.73. The number of hydrogen-bond acceptors (Lipinski definition) is 5. The fraction of sp³-hybridized carbons (Fsp3) is 0.294. The second-order valence-electron chi connectivity index (χ2n) is 5.27. The molecule has 1 atom stereocenters. The second kappa shape index (κ2) is 6.66. The molecule has 6 heteroatoms. The van der Waals surface area contributed by atoms with E-state index in [9.17, 15) is 0 Å². The van der Waals surface area contributed by atoms with Crippen molar-refractivity contribution < 1.29 is 9.47 Å². The average molecular weight is 312 g/mol. The van der Waals surface area contributed by atoms with Crippen molar-refractivity contribution in [2.45, 2.75) is 19.5 Å². The van der Waals surface area contributed by atoms with Gasteiger partial charge in [-0.25, -0.2) is 0 Å². The Labute approximate surface area is 135 Å². The van der Waals surface area contributed by atoms with Gasteiger partial charge < -0.3 is 14.8 Å². The van der Waals surface area contributed by atoms with E-state index in [-0.39, 0.29) is 6.04 Å². The molecule has 0 aliphatic carbocycles. The van der Waals surface area contributed by atoms with Crippen LogP contribution in [0.4, 0.5) is 0 Å². The van der Waals surface area contributed by atoms with Gasteiger partial charge in [-0.3, -0.25) is 4.40 Å². The van der Waals surface area contributed by atoms with Crippen LogP contribution in [0.25, 0.3) is 5.65 Å². The van der Waals surface area contributed by atoms with E-state index < -0.39 is 0 Å². The first-order valence-electron chi connectivity index (χ1n) is 7.47. The van der Waals surface area contributed by atoms with Crippen LogP contribution in [0.3, 0.4) is 0 Å². The first-order chi connectivity index (χ1) is 11.2. The number of nitrogens with one attached hydrogen (secondary N) is 1. The Balaban J connectivity index is 1.75. The minimum atomic E-state index is 0.0548.